The van der Waals surface area contributed by atoms with E-state index in [2.05, 4.69) is 12.2 Å². The van der Waals surface area contributed by atoms with Gasteiger partial charge in [0.05, 0.1) is 17.0 Å². The summed E-state index contributed by atoms with van der Waals surface area (Å²) in [6.07, 6.45) is 3.04. The highest BCUT2D eigenvalue weighted by Gasteiger charge is 2.32. The van der Waals surface area contributed by atoms with Crippen molar-refractivity contribution in [1.82, 2.24) is 9.62 Å². The molecule has 0 radical (unpaired) electrons. The molecule has 1 fully saturated rings. The summed E-state index contributed by atoms with van der Waals surface area (Å²) in [5.41, 5.74) is 0. The number of amides is 1. The molecule has 1 aromatic carbocycles. The molecule has 1 N–H and O–H groups in total. The number of benzene rings is 1. The minimum atomic E-state index is -3.62. The van der Waals surface area contributed by atoms with Gasteiger partial charge in [-0.25, -0.2) is 8.42 Å². The van der Waals surface area contributed by atoms with E-state index in [1.165, 1.54) is 23.5 Å². The molecule has 2 rings (SSSR count). The van der Waals surface area contributed by atoms with Gasteiger partial charge in [0.25, 0.3) is 0 Å². The van der Waals surface area contributed by atoms with E-state index < -0.39 is 10.0 Å². The Hall–Kier alpha value is -1.31. The van der Waals surface area contributed by atoms with Gasteiger partial charge in [0.15, 0.2) is 0 Å². The van der Waals surface area contributed by atoms with Crippen LogP contribution in [0.2, 0.25) is 5.02 Å². The fourth-order valence-corrected chi connectivity index (χ4v) is 4.67. The quantitative estimate of drug-likeness (QED) is 0.728. The number of nitrogens with one attached hydrogen (secondary N) is 1. The second-order valence-corrected chi connectivity index (χ2v) is 8.46. The predicted molar refractivity (Wildman–Crippen MR) is 97.4 cm³/mol. The van der Waals surface area contributed by atoms with Crippen molar-refractivity contribution in [2.45, 2.75) is 37.5 Å². The van der Waals surface area contributed by atoms with Crippen LogP contribution >= 0.6 is 11.6 Å². The van der Waals surface area contributed by atoms with E-state index in [1.807, 2.05) is 0 Å². The molecule has 0 spiro atoms. The Kier molecular flexibility index (Phi) is 7.10. The van der Waals surface area contributed by atoms with E-state index in [9.17, 15) is 13.2 Å². The minimum absolute atomic E-state index is 0.0259. The molecule has 8 heteroatoms. The topological polar surface area (TPSA) is 75.7 Å². The van der Waals surface area contributed by atoms with Crippen molar-refractivity contribution in [3.8, 4) is 5.75 Å². The van der Waals surface area contributed by atoms with Crippen LogP contribution in [0.1, 0.15) is 32.6 Å². The van der Waals surface area contributed by atoms with Gasteiger partial charge in [-0.3, -0.25) is 4.79 Å². The highest BCUT2D eigenvalue weighted by Crippen LogP contribution is 2.30. The molecule has 1 amide bonds. The Labute approximate surface area is 154 Å². The number of rotatable bonds is 7. The molecule has 0 atom stereocenters. The maximum Gasteiger partial charge on any atom is 0.243 e. The van der Waals surface area contributed by atoms with Gasteiger partial charge in [-0.05, 0) is 37.5 Å². The average Bonchev–Trinajstić information content (AvgIpc) is 2.61. The summed E-state index contributed by atoms with van der Waals surface area (Å²) in [5.74, 6) is 0.337. The summed E-state index contributed by atoms with van der Waals surface area (Å²) >= 11 is 6.04. The molecule has 1 aliphatic heterocycles. The van der Waals surface area contributed by atoms with Gasteiger partial charge in [-0.2, -0.15) is 4.31 Å². The first-order chi connectivity index (χ1) is 11.9. The minimum Gasteiger partial charge on any atom is -0.495 e. The van der Waals surface area contributed by atoms with Crippen molar-refractivity contribution in [3.63, 3.8) is 0 Å². The normalized spacial score (nSPS) is 16.6. The summed E-state index contributed by atoms with van der Waals surface area (Å²) in [6.45, 7) is 3.41. The Bertz CT molecular complexity index is 701. The number of halogens is 1. The molecule has 0 bridgehead atoms. The highest BCUT2D eigenvalue weighted by atomic mass is 35.5. The fourth-order valence-electron chi connectivity index (χ4n) is 2.85. The molecule has 1 heterocycles. The molecular formula is C17H25ClN2O4S. The van der Waals surface area contributed by atoms with Gasteiger partial charge in [0.2, 0.25) is 15.9 Å². The molecule has 1 aromatic rings. The predicted octanol–water partition coefficient (Wildman–Crippen LogP) is 2.67. The van der Waals surface area contributed by atoms with Crippen LogP contribution in [0.25, 0.3) is 0 Å². The van der Waals surface area contributed by atoms with Crippen molar-refractivity contribution in [3.05, 3.63) is 23.2 Å². The lowest BCUT2D eigenvalue weighted by Crippen LogP contribution is -2.43. The summed E-state index contributed by atoms with van der Waals surface area (Å²) in [5, 5.41) is 3.18. The molecule has 1 aliphatic rings. The van der Waals surface area contributed by atoms with E-state index >= 15 is 0 Å². The maximum absolute atomic E-state index is 12.8. The molecule has 0 aliphatic carbocycles. The molecule has 0 unspecified atom stereocenters. The SMILES string of the molecule is CCCCNC(=O)C1CCN(S(=O)(=O)c2ccc(OC)c(Cl)c2)CC1. The second-order valence-electron chi connectivity index (χ2n) is 6.12. The monoisotopic (exact) mass is 388 g/mol. The van der Waals surface area contributed by atoms with E-state index in [0.29, 0.717) is 38.2 Å². The zero-order valence-electron chi connectivity index (χ0n) is 14.6. The van der Waals surface area contributed by atoms with E-state index in [-0.39, 0.29) is 21.7 Å². The third-order valence-corrected chi connectivity index (χ3v) is 6.61. The van der Waals surface area contributed by atoms with Crippen molar-refractivity contribution >= 4 is 27.5 Å². The van der Waals surface area contributed by atoms with Gasteiger partial charge in [0.1, 0.15) is 5.75 Å². The maximum atomic E-state index is 12.8. The van der Waals surface area contributed by atoms with Crippen LogP contribution in [-0.2, 0) is 14.8 Å². The van der Waals surface area contributed by atoms with Crippen LogP contribution < -0.4 is 10.1 Å². The fraction of sp³-hybridized carbons (Fsp3) is 0.588. The first-order valence-corrected chi connectivity index (χ1v) is 10.3. The molecule has 6 nitrogen and oxygen atoms in total. The first-order valence-electron chi connectivity index (χ1n) is 8.51. The van der Waals surface area contributed by atoms with Crippen LogP contribution in [0.4, 0.5) is 0 Å². The first kappa shape index (κ1) is 20.0. The van der Waals surface area contributed by atoms with Crippen molar-refractivity contribution < 1.29 is 17.9 Å². The lowest BCUT2D eigenvalue weighted by molar-refractivity contribution is -0.126. The number of hydrogen-bond acceptors (Lipinski definition) is 4. The van der Waals surface area contributed by atoms with Crippen LogP contribution in [0, 0.1) is 5.92 Å². The standard InChI is InChI=1S/C17H25ClN2O4S/c1-3-4-9-19-17(21)13-7-10-20(11-8-13)25(22,23)14-5-6-16(24-2)15(18)12-14/h5-6,12-13H,3-4,7-11H2,1-2H3,(H,19,21). The third-order valence-electron chi connectivity index (χ3n) is 4.42. The summed E-state index contributed by atoms with van der Waals surface area (Å²) in [4.78, 5) is 12.2. The number of carbonyl (C=O) groups excluding carboxylic acids is 1. The Morgan fingerprint density at radius 3 is 2.60 bits per heavy atom. The van der Waals surface area contributed by atoms with E-state index in [1.54, 1.807) is 6.07 Å². The van der Waals surface area contributed by atoms with Gasteiger partial charge >= 0.3 is 0 Å². The average molecular weight is 389 g/mol. The van der Waals surface area contributed by atoms with Crippen molar-refractivity contribution in [1.29, 1.82) is 0 Å². The van der Waals surface area contributed by atoms with Gasteiger partial charge in [-0.15, -0.1) is 0 Å². The number of hydrogen-bond donors (Lipinski definition) is 1. The molecular weight excluding hydrogens is 364 g/mol. The smallest absolute Gasteiger partial charge is 0.243 e. The number of unbranched alkanes of at least 4 members (excludes halogenated alkanes) is 1. The van der Waals surface area contributed by atoms with E-state index in [0.717, 1.165) is 12.8 Å². The van der Waals surface area contributed by atoms with Crippen LogP contribution in [-0.4, -0.2) is 45.4 Å². The number of methoxy groups -OCH3 is 1. The third kappa shape index (κ3) is 4.86. The number of sulfonamides is 1. The largest absolute Gasteiger partial charge is 0.495 e. The Balaban J connectivity index is 1.99. The summed E-state index contributed by atoms with van der Waals surface area (Å²) in [6, 6.07) is 4.44. The summed E-state index contributed by atoms with van der Waals surface area (Å²) in [7, 11) is -2.14. The Morgan fingerprint density at radius 2 is 2.04 bits per heavy atom. The van der Waals surface area contributed by atoms with Gasteiger partial charge in [0, 0.05) is 25.6 Å². The van der Waals surface area contributed by atoms with E-state index in [4.69, 9.17) is 16.3 Å². The Morgan fingerprint density at radius 1 is 1.36 bits per heavy atom. The van der Waals surface area contributed by atoms with Crippen molar-refractivity contribution in [2.75, 3.05) is 26.7 Å². The zero-order chi connectivity index (χ0) is 18.4. The molecule has 1 saturated heterocycles. The lowest BCUT2D eigenvalue weighted by Gasteiger charge is -2.30. The lowest BCUT2D eigenvalue weighted by atomic mass is 9.97. The molecule has 0 aromatic heterocycles. The number of ether oxygens (including phenoxy) is 1. The number of piperidine rings is 1. The summed E-state index contributed by atoms with van der Waals surface area (Å²) < 4.78 is 32.0. The van der Waals surface area contributed by atoms with Gasteiger partial charge < -0.3 is 10.1 Å². The molecule has 0 saturated carbocycles. The second kappa shape index (κ2) is 8.87. The molecule has 25 heavy (non-hydrogen) atoms. The number of nitrogens with zero attached hydrogens (tertiary/aromatic N) is 1. The van der Waals surface area contributed by atoms with Crippen LogP contribution in [0.3, 0.4) is 0 Å². The highest BCUT2D eigenvalue weighted by molar-refractivity contribution is 7.89. The van der Waals surface area contributed by atoms with Gasteiger partial charge in [-0.1, -0.05) is 24.9 Å². The zero-order valence-corrected chi connectivity index (χ0v) is 16.2. The number of carbonyl (C=O) groups is 1. The van der Waals surface area contributed by atoms with Crippen LogP contribution in [0.5, 0.6) is 5.75 Å². The van der Waals surface area contributed by atoms with Crippen LogP contribution in [0.15, 0.2) is 23.1 Å². The molecule has 140 valence electrons. The van der Waals surface area contributed by atoms with Crippen molar-refractivity contribution in [2.24, 2.45) is 5.92 Å².